The SMILES string of the molecule is COc1c(C(C)C)cc(C(C)C)c(F)c1OCC(C)C1=CCC/C(F)=C/C(F)=C1. The molecule has 0 amide bonds. The predicted molar refractivity (Wildman–Crippen MR) is 111 cm³/mol. The first kappa shape index (κ1) is 23.1. The molecule has 0 fully saturated rings. The molecule has 0 aromatic heterocycles. The highest BCUT2D eigenvalue weighted by molar-refractivity contribution is 5.53. The van der Waals surface area contributed by atoms with Gasteiger partial charge in [-0.15, -0.1) is 0 Å². The topological polar surface area (TPSA) is 18.5 Å². The Hall–Kier alpha value is -2.17. The van der Waals surface area contributed by atoms with Crippen LogP contribution in [0.15, 0.2) is 41.5 Å². The fraction of sp³-hybridized carbons (Fsp3) is 0.500. The third kappa shape index (κ3) is 5.68. The van der Waals surface area contributed by atoms with E-state index >= 15 is 4.39 Å². The zero-order chi connectivity index (χ0) is 21.7. The van der Waals surface area contributed by atoms with E-state index in [4.69, 9.17) is 9.47 Å². The molecule has 1 atom stereocenters. The summed E-state index contributed by atoms with van der Waals surface area (Å²) < 4.78 is 53.9. The van der Waals surface area contributed by atoms with Gasteiger partial charge in [-0.1, -0.05) is 40.7 Å². The molecule has 0 spiro atoms. The molecule has 0 N–H and O–H groups in total. The Bertz CT molecular complexity index is 820. The molecular weight excluding hydrogens is 377 g/mol. The van der Waals surface area contributed by atoms with Gasteiger partial charge in [-0.3, -0.25) is 0 Å². The Labute approximate surface area is 172 Å². The van der Waals surface area contributed by atoms with E-state index in [0.717, 1.165) is 11.6 Å². The molecule has 0 radical (unpaired) electrons. The normalized spacial score (nSPS) is 17.8. The van der Waals surface area contributed by atoms with E-state index in [1.54, 1.807) is 6.08 Å². The van der Waals surface area contributed by atoms with Crippen molar-refractivity contribution in [3.8, 4) is 11.5 Å². The summed E-state index contributed by atoms with van der Waals surface area (Å²) in [5.74, 6) is -1.12. The number of halogens is 3. The van der Waals surface area contributed by atoms with Crippen molar-refractivity contribution >= 4 is 0 Å². The number of hydrogen-bond donors (Lipinski definition) is 0. The van der Waals surface area contributed by atoms with Crippen LogP contribution in [0.5, 0.6) is 11.5 Å². The third-order valence-corrected chi connectivity index (χ3v) is 5.09. The van der Waals surface area contributed by atoms with Crippen molar-refractivity contribution in [3.63, 3.8) is 0 Å². The van der Waals surface area contributed by atoms with Crippen LogP contribution < -0.4 is 9.47 Å². The molecule has 0 saturated carbocycles. The van der Waals surface area contributed by atoms with Crippen molar-refractivity contribution in [1.29, 1.82) is 0 Å². The highest BCUT2D eigenvalue weighted by Crippen LogP contribution is 2.42. The minimum absolute atomic E-state index is 0.00907. The van der Waals surface area contributed by atoms with Gasteiger partial charge in [0.1, 0.15) is 11.7 Å². The lowest BCUT2D eigenvalue weighted by Gasteiger charge is -2.22. The smallest absolute Gasteiger partial charge is 0.197 e. The second kappa shape index (κ2) is 10.0. The summed E-state index contributed by atoms with van der Waals surface area (Å²) in [6, 6.07) is 1.84. The highest BCUT2D eigenvalue weighted by atomic mass is 19.1. The quantitative estimate of drug-likeness (QED) is 0.464. The number of ether oxygens (including phenoxy) is 2. The molecule has 0 saturated heterocycles. The minimum Gasteiger partial charge on any atom is -0.492 e. The lowest BCUT2D eigenvalue weighted by Crippen LogP contribution is -2.14. The predicted octanol–water partition coefficient (Wildman–Crippen LogP) is 7.52. The summed E-state index contributed by atoms with van der Waals surface area (Å²) in [7, 11) is 1.50. The Morgan fingerprint density at radius 2 is 1.59 bits per heavy atom. The van der Waals surface area contributed by atoms with E-state index in [0.29, 0.717) is 23.3 Å². The van der Waals surface area contributed by atoms with E-state index in [9.17, 15) is 8.78 Å². The van der Waals surface area contributed by atoms with Crippen LogP contribution in [0, 0.1) is 11.7 Å². The first-order chi connectivity index (χ1) is 13.6. The minimum atomic E-state index is -0.632. The second-order valence-electron chi connectivity index (χ2n) is 8.12. The summed E-state index contributed by atoms with van der Waals surface area (Å²) in [5, 5.41) is 0. The molecule has 2 nitrogen and oxygen atoms in total. The Morgan fingerprint density at radius 3 is 2.17 bits per heavy atom. The average molecular weight is 409 g/mol. The zero-order valence-electron chi connectivity index (χ0n) is 18.1. The maximum absolute atomic E-state index is 15.2. The van der Waals surface area contributed by atoms with Crippen LogP contribution in [0.3, 0.4) is 0 Å². The molecule has 5 heteroatoms. The monoisotopic (exact) mass is 408 g/mol. The molecule has 160 valence electrons. The van der Waals surface area contributed by atoms with Crippen molar-refractivity contribution in [2.24, 2.45) is 5.92 Å². The summed E-state index contributed by atoms with van der Waals surface area (Å²) in [4.78, 5) is 0. The largest absolute Gasteiger partial charge is 0.492 e. The lowest BCUT2D eigenvalue weighted by molar-refractivity contribution is 0.250. The summed E-state index contributed by atoms with van der Waals surface area (Å²) in [6.45, 7) is 9.92. The van der Waals surface area contributed by atoms with Gasteiger partial charge < -0.3 is 9.47 Å². The maximum atomic E-state index is 15.2. The van der Waals surface area contributed by atoms with Gasteiger partial charge in [-0.2, -0.15) is 0 Å². The first-order valence-corrected chi connectivity index (χ1v) is 10.1. The number of methoxy groups -OCH3 is 1. The molecule has 0 heterocycles. The van der Waals surface area contributed by atoms with Crippen LogP contribution in [0.4, 0.5) is 13.2 Å². The van der Waals surface area contributed by atoms with Crippen molar-refractivity contribution in [2.45, 2.75) is 59.3 Å². The van der Waals surface area contributed by atoms with Gasteiger partial charge in [0.05, 0.1) is 13.7 Å². The molecule has 1 aromatic rings. The van der Waals surface area contributed by atoms with Crippen molar-refractivity contribution in [2.75, 3.05) is 13.7 Å². The summed E-state index contributed by atoms with van der Waals surface area (Å²) in [5.41, 5.74) is 2.17. The fourth-order valence-corrected chi connectivity index (χ4v) is 3.35. The molecule has 1 aliphatic rings. The molecule has 0 aliphatic heterocycles. The van der Waals surface area contributed by atoms with E-state index in [2.05, 4.69) is 0 Å². The van der Waals surface area contributed by atoms with Gasteiger partial charge in [0.15, 0.2) is 17.3 Å². The van der Waals surface area contributed by atoms with Crippen LogP contribution in [0.1, 0.15) is 70.4 Å². The highest BCUT2D eigenvalue weighted by Gasteiger charge is 2.24. The lowest BCUT2D eigenvalue weighted by atomic mass is 9.93. The Kier molecular flexibility index (Phi) is 8.00. The van der Waals surface area contributed by atoms with Crippen molar-refractivity contribution < 1.29 is 22.6 Å². The van der Waals surface area contributed by atoms with Gasteiger partial charge >= 0.3 is 0 Å². The van der Waals surface area contributed by atoms with Crippen LogP contribution >= 0.6 is 0 Å². The molecule has 29 heavy (non-hydrogen) atoms. The van der Waals surface area contributed by atoms with Crippen molar-refractivity contribution in [3.05, 3.63) is 58.5 Å². The van der Waals surface area contributed by atoms with Crippen LogP contribution in [0.2, 0.25) is 0 Å². The molecule has 0 bridgehead atoms. The van der Waals surface area contributed by atoms with Crippen LogP contribution in [0.25, 0.3) is 0 Å². The Morgan fingerprint density at radius 1 is 0.931 bits per heavy atom. The van der Waals surface area contributed by atoms with E-state index in [1.807, 2.05) is 40.7 Å². The molecule has 1 aliphatic carbocycles. The average Bonchev–Trinajstić information content (AvgIpc) is 2.63. The Balaban J connectivity index is 2.34. The van der Waals surface area contributed by atoms with E-state index in [-0.39, 0.29) is 36.5 Å². The van der Waals surface area contributed by atoms with Crippen LogP contribution in [-0.2, 0) is 0 Å². The molecular formula is C24H31F3O2. The van der Waals surface area contributed by atoms with Gasteiger partial charge in [-0.05, 0) is 41.5 Å². The van der Waals surface area contributed by atoms with Crippen molar-refractivity contribution in [1.82, 2.24) is 0 Å². The number of hydrogen-bond acceptors (Lipinski definition) is 2. The standard InChI is InChI=1S/C24H31F3O2/c1-14(2)20-12-21(15(3)4)23(28-6)24(22(20)27)29-13-16(5)17-8-7-9-18(25)11-19(26)10-17/h8,10-12,14-16H,7,9,13H2,1-6H3/b17-8?,18-11-,19-10?. The third-order valence-electron chi connectivity index (χ3n) is 5.09. The van der Waals surface area contributed by atoms with E-state index < -0.39 is 17.5 Å². The van der Waals surface area contributed by atoms with Gasteiger partial charge in [-0.25, -0.2) is 13.2 Å². The van der Waals surface area contributed by atoms with Gasteiger partial charge in [0.25, 0.3) is 0 Å². The molecule has 2 rings (SSSR count). The second-order valence-corrected chi connectivity index (χ2v) is 8.12. The van der Waals surface area contributed by atoms with Gasteiger partial charge in [0, 0.05) is 24.0 Å². The first-order valence-electron chi connectivity index (χ1n) is 10.1. The number of rotatable bonds is 7. The summed E-state index contributed by atoms with van der Waals surface area (Å²) in [6.07, 6.45) is 4.66. The maximum Gasteiger partial charge on any atom is 0.197 e. The number of allylic oxidation sites excluding steroid dienone is 5. The molecule has 1 unspecified atom stereocenters. The summed E-state index contributed by atoms with van der Waals surface area (Å²) >= 11 is 0. The van der Waals surface area contributed by atoms with Crippen LogP contribution in [-0.4, -0.2) is 13.7 Å². The molecule has 1 aromatic carbocycles. The van der Waals surface area contributed by atoms with Gasteiger partial charge in [0.2, 0.25) is 0 Å². The van der Waals surface area contributed by atoms with E-state index in [1.165, 1.54) is 13.2 Å². The fourth-order valence-electron chi connectivity index (χ4n) is 3.35. The zero-order valence-corrected chi connectivity index (χ0v) is 18.1. The number of benzene rings is 1.